The molecule has 102 valence electrons. The van der Waals surface area contributed by atoms with Crippen molar-refractivity contribution in [2.45, 2.75) is 31.7 Å². The van der Waals surface area contributed by atoms with E-state index in [9.17, 15) is 13.9 Å². The minimum Gasteiger partial charge on any atom is -0.361 e. The van der Waals surface area contributed by atoms with Crippen molar-refractivity contribution in [3.63, 3.8) is 0 Å². The molecule has 2 rings (SSSR count). The molecule has 1 aromatic carbocycles. The van der Waals surface area contributed by atoms with Gasteiger partial charge in [-0.15, -0.1) is 12.4 Å². The number of benzene rings is 1. The van der Waals surface area contributed by atoms with Crippen LogP contribution in [-0.4, -0.2) is 23.8 Å². The Kier molecular flexibility index (Phi) is 4.66. The monoisotopic (exact) mass is 279 g/mol. The Morgan fingerprint density at radius 1 is 1.28 bits per heavy atom. The van der Waals surface area contributed by atoms with Crippen molar-refractivity contribution in [3.05, 3.63) is 35.4 Å². The number of morpholine rings is 1. The molecule has 18 heavy (non-hydrogen) atoms. The number of aliphatic hydroxyl groups is 1. The number of hydrogen-bond acceptors (Lipinski definition) is 3. The number of nitrogens with one attached hydrogen (secondary N) is 1. The Balaban J connectivity index is 0.00000162. The number of hydrogen-bond donors (Lipinski definition) is 2. The van der Waals surface area contributed by atoms with E-state index in [1.54, 1.807) is 6.92 Å². The summed E-state index contributed by atoms with van der Waals surface area (Å²) in [6.45, 7) is 3.89. The first-order valence-corrected chi connectivity index (χ1v) is 5.51. The minimum atomic E-state index is -1.70. The van der Waals surface area contributed by atoms with Crippen molar-refractivity contribution >= 4 is 12.4 Å². The molecule has 1 aliphatic heterocycles. The van der Waals surface area contributed by atoms with E-state index in [0.717, 1.165) is 18.2 Å². The van der Waals surface area contributed by atoms with Gasteiger partial charge in [-0.1, -0.05) is 0 Å². The molecule has 0 aromatic heterocycles. The molecule has 1 saturated heterocycles. The zero-order valence-electron chi connectivity index (χ0n) is 10.1. The summed E-state index contributed by atoms with van der Waals surface area (Å²) in [7, 11) is 0. The summed E-state index contributed by atoms with van der Waals surface area (Å²) in [6, 6.07) is 2.56. The van der Waals surface area contributed by atoms with Gasteiger partial charge in [0.05, 0.1) is 12.6 Å². The fourth-order valence-corrected chi connectivity index (χ4v) is 2.06. The Hall–Kier alpha value is -0.750. The van der Waals surface area contributed by atoms with Gasteiger partial charge in [-0.25, -0.2) is 8.78 Å². The molecule has 0 radical (unpaired) electrons. The quantitative estimate of drug-likeness (QED) is 0.825. The zero-order chi connectivity index (χ0) is 12.6. The second kappa shape index (κ2) is 5.48. The summed E-state index contributed by atoms with van der Waals surface area (Å²) in [6.07, 6.45) is 0. The summed E-state index contributed by atoms with van der Waals surface area (Å²) in [5, 5.41) is 13.4. The number of rotatable bonds is 1. The fraction of sp³-hybridized carbons (Fsp3) is 0.500. The van der Waals surface area contributed by atoms with E-state index in [1.165, 1.54) is 0 Å². The van der Waals surface area contributed by atoms with Crippen molar-refractivity contribution in [2.75, 3.05) is 6.61 Å². The van der Waals surface area contributed by atoms with Crippen LogP contribution in [0.3, 0.4) is 0 Å². The van der Waals surface area contributed by atoms with Crippen LogP contribution in [0, 0.1) is 11.6 Å². The summed E-state index contributed by atoms with van der Waals surface area (Å²) >= 11 is 0. The van der Waals surface area contributed by atoms with Gasteiger partial charge in [0, 0.05) is 17.7 Å². The Morgan fingerprint density at radius 3 is 2.33 bits per heavy atom. The van der Waals surface area contributed by atoms with Crippen LogP contribution in [0.1, 0.15) is 19.4 Å². The highest BCUT2D eigenvalue weighted by Gasteiger charge is 2.41. The molecule has 1 fully saturated rings. The van der Waals surface area contributed by atoms with Gasteiger partial charge in [-0.3, -0.25) is 0 Å². The standard InChI is InChI=1S/C12H15F2NO2.ClH/c1-7-6-17-12(16,8(2)15-7)9-3-10(13)5-11(14)4-9;/h3-5,7-8,15-16H,6H2,1-2H3;1H/t7-,8+,12+;/m0./s1. The van der Waals surface area contributed by atoms with Crippen LogP contribution in [0.5, 0.6) is 0 Å². The van der Waals surface area contributed by atoms with Gasteiger partial charge < -0.3 is 15.2 Å². The fourth-order valence-electron chi connectivity index (χ4n) is 2.06. The van der Waals surface area contributed by atoms with Crippen LogP contribution in [0.15, 0.2) is 18.2 Å². The third kappa shape index (κ3) is 2.80. The lowest BCUT2D eigenvalue weighted by molar-refractivity contribution is -0.253. The van der Waals surface area contributed by atoms with Crippen LogP contribution in [0.2, 0.25) is 0 Å². The Bertz CT molecular complexity index is 412. The van der Waals surface area contributed by atoms with Gasteiger partial charge in [0.1, 0.15) is 11.6 Å². The van der Waals surface area contributed by atoms with Crippen LogP contribution < -0.4 is 5.32 Å². The predicted octanol–water partition coefficient (Wildman–Crippen LogP) is 1.93. The molecule has 2 N–H and O–H groups in total. The van der Waals surface area contributed by atoms with Gasteiger partial charge in [0.15, 0.2) is 0 Å². The summed E-state index contributed by atoms with van der Waals surface area (Å²) < 4.78 is 31.6. The molecule has 3 atom stereocenters. The minimum absolute atomic E-state index is 0. The first kappa shape index (κ1) is 15.3. The molecule has 6 heteroatoms. The molecule has 0 bridgehead atoms. The number of halogens is 3. The second-order valence-corrected chi connectivity index (χ2v) is 4.45. The molecular weight excluding hydrogens is 264 g/mol. The molecule has 0 spiro atoms. The van der Waals surface area contributed by atoms with Crippen molar-refractivity contribution in [1.82, 2.24) is 5.32 Å². The third-order valence-electron chi connectivity index (χ3n) is 2.95. The van der Waals surface area contributed by atoms with Gasteiger partial charge >= 0.3 is 0 Å². The maximum absolute atomic E-state index is 13.1. The van der Waals surface area contributed by atoms with Crippen molar-refractivity contribution < 1.29 is 18.6 Å². The maximum atomic E-state index is 13.1. The highest BCUT2D eigenvalue weighted by Crippen LogP contribution is 2.30. The highest BCUT2D eigenvalue weighted by molar-refractivity contribution is 5.85. The average molecular weight is 280 g/mol. The van der Waals surface area contributed by atoms with Crippen molar-refractivity contribution in [1.29, 1.82) is 0 Å². The summed E-state index contributed by atoms with van der Waals surface area (Å²) in [5.74, 6) is -3.17. The summed E-state index contributed by atoms with van der Waals surface area (Å²) in [5.41, 5.74) is 0.0851. The molecule has 0 unspecified atom stereocenters. The first-order chi connectivity index (χ1) is 7.91. The van der Waals surface area contributed by atoms with E-state index in [-0.39, 0.29) is 30.6 Å². The van der Waals surface area contributed by atoms with Crippen molar-refractivity contribution in [3.8, 4) is 0 Å². The Labute approximate surface area is 111 Å². The Morgan fingerprint density at radius 2 is 1.83 bits per heavy atom. The predicted molar refractivity (Wildman–Crippen MR) is 65.5 cm³/mol. The second-order valence-electron chi connectivity index (χ2n) is 4.45. The lowest BCUT2D eigenvalue weighted by Crippen LogP contribution is -2.58. The topological polar surface area (TPSA) is 41.5 Å². The van der Waals surface area contributed by atoms with Gasteiger partial charge in [-0.2, -0.15) is 0 Å². The molecular formula is C12H16ClF2NO2. The molecule has 1 aromatic rings. The first-order valence-electron chi connectivity index (χ1n) is 5.51. The van der Waals surface area contributed by atoms with Gasteiger partial charge in [0.2, 0.25) is 5.79 Å². The van der Waals surface area contributed by atoms with Crippen molar-refractivity contribution in [2.24, 2.45) is 0 Å². The maximum Gasteiger partial charge on any atom is 0.208 e. The lowest BCUT2D eigenvalue weighted by Gasteiger charge is -2.41. The van der Waals surface area contributed by atoms with E-state index in [2.05, 4.69) is 5.32 Å². The van der Waals surface area contributed by atoms with Crippen LogP contribution in [0.4, 0.5) is 8.78 Å². The van der Waals surface area contributed by atoms with E-state index >= 15 is 0 Å². The largest absolute Gasteiger partial charge is 0.361 e. The third-order valence-corrected chi connectivity index (χ3v) is 2.95. The molecule has 1 aliphatic rings. The average Bonchev–Trinajstić information content (AvgIpc) is 2.22. The van der Waals surface area contributed by atoms with E-state index in [4.69, 9.17) is 4.74 Å². The highest BCUT2D eigenvalue weighted by atomic mass is 35.5. The molecule has 0 saturated carbocycles. The van der Waals surface area contributed by atoms with Gasteiger partial charge in [0.25, 0.3) is 0 Å². The summed E-state index contributed by atoms with van der Waals surface area (Å²) in [4.78, 5) is 0. The van der Waals surface area contributed by atoms with E-state index in [0.29, 0.717) is 0 Å². The normalized spacial score (nSPS) is 31.8. The molecule has 3 nitrogen and oxygen atoms in total. The molecule has 1 heterocycles. The number of ether oxygens (including phenoxy) is 1. The SMILES string of the molecule is C[C@H]1CO[C@@](O)(c2cc(F)cc(F)c2)[C@@H](C)N1.Cl. The smallest absolute Gasteiger partial charge is 0.208 e. The van der Waals surface area contributed by atoms with E-state index < -0.39 is 23.5 Å². The molecule has 0 amide bonds. The van der Waals surface area contributed by atoms with Gasteiger partial charge in [-0.05, 0) is 26.0 Å². The molecule has 0 aliphatic carbocycles. The zero-order valence-corrected chi connectivity index (χ0v) is 10.9. The van der Waals surface area contributed by atoms with Crippen LogP contribution >= 0.6 is 12.4 Å². The van der Waals surface area contributed by atoms with Crippen LogP contribution in [0.25, 0.3) is 0 Å². The van der Waals surface area contributed by atoms with Crippen LogP contribution in [-0.2, 0) is 10.5 Å². The lowest BCUT2D eigenvalue weighted by atomic mass is 9.96. The van der Waals surface area contributed by atoms with E-state index in [1.807, 2.05) is 6.92 Å².